The van der Waals surface area contributed by atoms with Crippen LogP contribution in [-0.4, -0.2) is 31.3 Å². The number of methoxy groups -OCH3 is 1. The van der Waals surface area contributed by atoms with Gasteiger partial charge in [0.25, 0.3) is 11.8 Å². The summed E-state index contributed by atoms with van der Waals surface area (Å²) in [6.07, 6.45) is 0. The van der Waals surface area contributed by atoms with Gasteiger partial charge in [-0.15, -0.1) is 11.8 Å². The average molecular weight is 383 g/mol. The highest BCUT2D eigenvalue weighted by Crippen LogP contribution is 2.38. The lowest BCUT2D eigenvalue weighted by molar-refractivity contribution is -0.119. The number of amides is 2. The quantitative estimate of drug-likeness (QED) is 0.673. The van der Waals surface area contributed by atoms with Crippen LogP contribution in [0.15, 0.2) is 53.4 Å². The lowest BCUT2D eigenvalue weighted by Gasteiger charge is -2.16. The molecular weight excluding hydrogens is 362 g/mol. The number of thioether (sulfide) groups is 1. The monoisotopic (exact) mass is 383 g/mol. The van der Waals surface area contributed by atoms with E-state index >= 15 is 0 Å². The number of anilines is 1. The van der Waals surface area contributed by atoms with E-state index in [2.05, 4.69) is 0 Å². The summed E-state index contributed by atoms with van der Waals surface area (Å²) in [5.74, 6) is 1.49. The lowest BCUT2D eigenvalue weighted by atomic mass is 10.1. The van der Waals surface area contributed by atoms with Crippen molar-refractivity contribution in [2.75, 3.05) is 24.4 Å². The average Bonchev–Trinajstić information content (AvgIpc) is 2.93. The molecule has 0 saturated carbocycles. The van der Waals surface area contributed by atoms with Crippen LogP contribution in [0.1, 0.15) is 19.4 Å². The van der Waals surface area contributed by atoms with Crippen LogP contribution in [0.4, 0.5) is 5.69 Å². The molecule has 1 aliphatic rings. The molecule has 5 nitrogen and oxygen atoms in total. The van der Waals surface area contributed by atoms with E-state index in [1.165, 1.54) is 16.7 Å². The van der Waals surface area contributed by atoms with Crippen molar-refractivity contribution in [3.63, 3.8) is 0 Å². The maximum Gasteiger partial charge on any atom is 0.272 e. The normalized spacial score (nSPS) is 14.1. The predicted octanol–water partition coefficient (Wildman–Crippen LogP) is 4.13. The van der Waals surface area contributed by atoms with Gasteiger partial charge in [-0.1, -0.05) is 19.1 Å². The van der Waals surface area contributed by atoms with Gasteiger partial charge in [0, 0.05) is 0 Å². The maximum absolute atomic E-state index is 13.1. The molecule has 1 aliphatic heterocycles. The number of imide groups is 1. The van der Waals surface area contributed by atoms with Crippen molar-refractivity contribution in [2.24, 2.45) is 0 Å². The number of benzene rings is 2. The van der Waals surface area contributed by atoms with E-state index in [0.717, 1.165) is 0 Å². The minimum atomic E-state index is -0.315. The third-order valence-electron chi connectivity index (χ3n) is 4.11. The molecule has 1 heterocycles. The molecule has 0 spiro atoms. The Bertz CT molecular complexity index is 872. The first-order valence-electron chi connectivity index (χ1n) is 8.73. The smallest absolute Gasteiger partial charge is 0.272 e. The summed E-state index contributed by atoms with van der Waals surface area (Å²) in [6, 6.07) is 14.2. The number of hydrogen-bond acceptors (Lipinski definition) is 5. The second-order valence-corrected chi connectivity index (χ2v) is 7.01. The summed E-state index contributed by atoms with van der Waals surface area (Å²) < 4.78 is 10.6. The van der Waals surface area contributed by atoms with E-state index in [0.29, 0.717) is 45.6 Å². The standard InChI is InChI=1S/C21H21NO4S/c1-4-26-17-12-8-15(9-13-17)22-20(23)18(19(21(22)24)27-5-2)14-6-10-16(25-3)11-7-14/h6-13H,4-5H2,1-3H3. The molecule has 0 fully saturated rings. The zero-order chi connectivity index (χ0) is 19.4. The molecule has 0 saturated heterocycles. The maximum atomic E-state index is 13.1. The molecule has 2 amide bonds. The first kappa shape index (κ1) is 19.0. The van der Waals surface area contributed by atoms with E-state index in [1.54, 1.807) is 55.6 Å². The molecule has 140 valence electrons. The molecule has 3 rings (SSSR count). The third kappa shape index (κ3) is 3.71. The van der Waals surface area contributed by atoms with Crippen molar-refractivity contribution in [3.8, 4) is 11.5 Å². The van der Waals surface area contributed by atoms with Crippen LogP contribution in [0.25, 0.3) is 5.57 Å². The molecule has 0 radical (unpaired) electrons. The number of rotatable bonds is 7. The zero-order valence-corrected chi connectivity index (χ0v) is 16.3. The van der Waals surface area contributed by atoms with Gasteiger partial charge in [-0.3, -0.25) is 9.59 Å². The molecule has 0 atom stereocenters. The van der Waals surface area contributed by atoms with Crippen molar-refractivity contribution in [2.45, 2.75) is 13.8 Å². The largest absolute Gasteiger partial charge is 0.497 e. The van der Waals surface area contributed by atoms with Gasteiger partial charge in [-0.25, -0.2) is 4.90 Å². The Labute approximate surface area is 163 Å². The Balaban J connectivity index is 1.98. The van der Waals surface area contributed by atoms with Crippen LogP contribution in [-0.2, 0) is 9.59 Å². The van der Waals surface area contributed by atoms with Crippen LogP contribution in [0.5, 0.6) is 11.5 Å². The molecule has 0 aromatic heterocycles. The van der Waals surface area contributed by atoms with Crippen molar-refractivity contribution >= 4 is 34.8 Å². The molecule has 2 aromatic rings. The molecule has 0 aliphatic carbocycles. The fourth-order valence-corrected chi connectivity index (χ4v) is 3.75. The first-order chi connectivity index (χ1) is 13.1. The van der Waals surface area contributed by atoms with Crippen molar-refractivity contribution < 1.29 is 19.1 Å². The predicted molar refractivity (Wildman–Crippen MR) is 108 cm³/mol. The van der Waals surface area contributed by atoms with Gasteiger partial charge in [0.1, 0.15) is 11.5 Å². The minimum Gasteiger partial charge on any atom is -0.497 e. The van der Waals surface area contributed by atoms with Gasteiger partial charge in [0.2, 0.25) is 0 Å². The Morgan fingerprint density at radius 2 is 1.52 bits per heavy atom. The van der Waals surface area contributed by atoms with Crippen LogP contribution in [0, 0.1) is 0 Å². The number of nitrogens with zero attached hydrogens (tertiary/aromatic N) is 1. The highest BCUT2D eigenvalue weighted by atomic mass is 32.2. The van der Waals surface area contributed by atoms with E-state index < -0.39 is 0 Å². The Morgan fingerprint density at radius 3 is 2.07 bits per heavy atom. The topological polar surface area (TPSA) is 55.8 Å². The van der Waals surface area contributed by atoms with Crippen LogP contribution in [0.2, 0.25) is 0 Å². The van der Waals surface area contributed by atoms with Gasteiger partial charge in [0.05, 0.1) is 29.9 Å². The lowest BCUT2D eigenvalue weighted by Crippen LogP contribution is -2.31. The first-order valence-corrected chi connectivity index (χ1v) is 9.72. The zero-order valence-electron chi connectivity index (χ0n) is 15.5. The van der Waals surface area contributed by atoms with E-state index in [1.807, 2.05) is 13.8 Å². The summed E-state index contributed by atoms with van der Waals surface area (Å²) in [6.45, 7) is 4.42. The number of carbonyl (C=O) groups excluding carboxylic acids is 2. The number of carbonyl (C=O) groups is 2. The molecule has 0 bridgehead atoms. The summed E-state index contributed by atoms with van der Waals surface area (Å²) in [5, 5.41) is 0. The Morgan fingerprint density at radius 1 is 0.889 bits per heavy atom. The Hall–Kier alpha value is -2.73. The van der Waals surface area contributed by atoms with Gasteiger partial charge < -0.3 is 9.47 Å². The van der Waals surface area contributed by atoms with Crippen LogP contribution >= 0.6 is 11.8 Å². The fourth-order valence-electron chi connectivity index (χ4n) is 2.89. The van der Waals surface area contributed by atoms with Crippen LogP contribution < -0.4 is 14.4 Å². The second-order valence-electron chi connectivity index (χ2n) is 5.74. The minimum absolute atomic E-state index is 0.290. The highest BCUT2D eigenvalue weighted by molar-refractivity contribution is 8.04. The summed E-state index contributed by atoms with van der Waals surface area (Å²) in [7, 11) is 1.59. The van der Waals surface area contributed by atoms with Crippen LogP contribution in [0.3, 0.4) is 0 Å². The number of ether oxygens (including phenoxy) is 2. The molecule has 0 N–H and O–H groups in total. The fraction of sp³-hybridized carbons (Fsp3) is 0.238. The van der Waals surface area contributed by atoms with Gasteiger partial charge in [-0.2, -0.15) is 0 Å². The molecule has 2 aromatic carbocycles. The van der Waals surface area contributed by atoms with E-state index in [4.69, 9.17) is 9.47 Å². The SMILES string of the molecule is CCOc1ccc(N2C(=O)C(SCC)=C(c3ccc(OC)cc3)C2=O)cc1. The summed E-state index contributed by atoms with van der Waals surface area (Å²) in [5.41, 5.74) is 1.67. The van der Waals surface area contributed by atoms with E-state index in [9.17, 15) is 9.59 Å². The second kappa shape index (κ2) is 8.31. The van der Waals surface area contributed by atoms with Gasteiger partial charge in [0.15, 0.2) is 0 Å². The van der Waals surface area contributed by atoms with Gasteiger partial charge >= 0.3 is 0 Å². The van der Waals surface area contributed by atoms with Crippen molar-refractivity contribution in [1.82, 2.24) is 0 Å². The molecular formula is C21H21NO4S. The van der Waals surface area contributed by atoms with Crippen molar-refractivity contribution in [3.05, 3.63) is 59.0 Å². The summed E-state index contributed by atoms with van der Waals surface area (Å²) in [4.78, 5) is 27.8. The van der Waals surface area contributed by atoms with Crippen molar-refractivity contribution in [1.29, 1.82) is 0 Å². The molecule has 6 heteroatoms. The van der Waals surface area contributed by atoms with E-state index in [-0.39, 0.29) is 11.8 Å². The third-order valence-corrected chi connectivity index (χ3v) is 5.07. The Kier molecular flexibility index (Phi) is 5.86. The number of hydrogen-bond donors (Lipinski definition) is 0. The van der Waals surface area contributed by atoms with Gasteiger partial charge in [-0.05, 0) is 54.6 Å². The highest BCUT2D eigenvalue weighted by Gasteiger charge is 2.39. The molecule has 27 heavy (non-hydrogen) atoms. The summed E-state index contributed by atoms with van der Waals surface area (Å²) >= 11 is 1.38. The molecule has 0 unspecified atom stereocenters.